The quantitative estimate of drug-likeness (QED) is 0.198. The van der Waals surface area contributed by atoms with E-state index >= 15 is 0 Å². The van der Waals surface area contributed by atoms with Crippen LogP contribution in [0.1, 0.15) is 43.4 Å². The van der Waals surface area contributed by atoms with E-state index in [0.717, 1.165) is 35.7 Å². The van der Waals surface area contributed by atoms with Gasteiger partial charge >= 0.3 is 0 Å². The molecule has 0 saturated heterocycles. The molecule has 4 aromatic rings. The number of nitrogens with zero attached hydrogens (tertiary/aromatic N) is 2. The van der Waals surface area contributed by atoms with Crippen molar-refractivity contribution in [2.75, 3.05) is 0 Å². The summed E-state index contributed by atoms with van der Waals surface area (Å²) in [5, 5.41) is 2.54. The molecule has 0 aliphatic carbocycles. The van der Waals surface area contributed by atoms with E-state index in [1.165, 1.54) is 44.1 Å². The van der Waals surface area contributed by atoms with Crippen LogP contribution in [0.15, 0.2) is 92.9 Å². The Morgan fingerprint density at radius 1 is 0.842 bits per heavy atom. The average Bonchev–Trinajstić information content (AvgIpc) is 3.67. The van der Waals surface area contributed by atoms with Gasteiger partial charge in [-0.3, -0.25) is 0 Å². The van der Waals surface area contributed by atoms with E-state index in [1.807, 2.05) is 12.4 Å². The predicted octanol–water partition coefficient (Wildman–Crippen LogP) is 7.14. The van der Waals surface area contributed by atoms with Gasteiger partial charge in [0, 0.05) is 63.9 Å². The third kappa shape index (κ3) is 6.17. The van der Waals surface area contributed by atoms with Gasteiger partial charge in [-0.25, -0.2) is 9.98 Å². The second kappa shape index (κ2) is 11.3. The summed E-state index contributed by atoms with van der Waals surface area (Å²) in [4.78, 5) is 14.9. The van der Waals surface area contributed by atoms with Gasteiger partial charge in [-0.1, -0.05) is 60.1 Å². The molecule has 0 atom stereocenters. The molecule has 0 fully saturated rings. The number of hydrogen-bond donors (Lipinski definition) is 4. The molecule has 6 N–H and O–H groups in total. The van der Waals surface area contributed by atoms with Crippen molar-refractivity contribution in [1.82, 2.24) is 9.97 Å². The highest BCUT2D eigenvalue weighted by molar-refractivity contribution is 9.10. The van der Waals surface area contributed by atoms with E-state index < -0.39 is 0 Å². The lowest BCUT2D eigenvalue weighted by atomic mass is 10.0. The van der Waals surface area contributed by atoms with Crippen molar-refractivity contribution in [3.63, 3.8) is 0 Å². The summed E-state index contributed by atoms with van der Waals surface area (Å²) in [7, 11) is 0. The van der Waals surface area contributed by atoms with Crippen LogP contribution >= 0.6 is 15.9 Å². The number of halogens is 1. The Morgan fingerprint density at radius 2 is 1.39 bits per heavy atom. The molecule has 194 valence electrons. The van der Waals surface area contributed by atoms with Gasteiger partial charge in [-0.2, -0.15) is 0 Å². The number of aromatic nitrogens is 2. The standard InChI is InChI=1S/C18H21N3.C13H12BrN3/c1-12(2)3-4-13-5-6-16-15(11-20-17(16)8-13)7-14-9-18(19)21-10-14;14-10-1-2-11-9(7-16-12(11)5-10)3-8-4-13(15)17-6-8/h3-6,8,10-12,20H,7,9H2,1-2H3,(H2,19,21);1-2,5-7,16H,3-4H2,(H2,15,17)/b4-3+;. The van der Waals surface area contributed by atoms with Gasteiger partial charge in [0.15, 0.2) is 0 Å². The van der Waals surface area contributed by atoms with E-state index in [1.54, 1.807) is 0 Å². The summed E-state index contributed by atoms with van der Waals surface area (Å²) >= 11 is 3.47. The number of H-pyrrole nitrogens is 2. The fourth-order valence-electron chi connectivity index (χ4n) is 4.76. The summed E-state index contributed by atoms with van der Waals surface area (Å²) in [6.07, 6.45) is 15.7. The van der Waals surface area contributed by atoms with Crippen LogP contribution in [0.25, 0.3) is 27.9 Å². The Bertz CT molecular complexity index is 1630. The molecule has 2 aliphatic rings. The van der Waals surface area contributed by atoms with Crippen LogP contribution in [-0.2, 0) is 12.8 Å². The lowest BCUT2D eigenvalue weighted by molar-refractivity contribution is 0.836. The lowest BCUT2D eigenvalue weighted by Crippen LogP contribution is -2.08. The first-order valence-corrected chi connectivity index (χ1v) is 13.7. The van der Waals surface area contributed by atoms with Crippen molar-refractivity contribution in [2.45, 2.75) is 39.5 Å². The van der Waals surface area contributed by atoms with E-state index in [0.29, 0.717) is 17.6 Å². The highest BCUT2D eigenvalue weighted by atomic mass is 79.9. The number of aromatic amines is 2. The molecule has 6 nitrogen and oxygen atoms in total. The third-order valence-electron chi connectivity index (χ3n) is 6.67. The van der Waals surface area contributed by atoms with Crippen LogP contribution < -0.4 is 11.5 Å². The maximum atomic E-state index is 5.73. The van der Waals surface area contributed by atoms with Crippen molar-refractivity contribution in [3.8, 4) is 0 Å². The monoisotopic (exact) mass is 568 g/mol. The molecule has 0 spiro atoms. The van der Waals surface area contributed by atoms with Crippen LogP contribution in [0.5, 0.6) is 0 Å². The number of amidine groups is 2. The van der Waals surface area contributed by atoms with Crippen LogP contribution in [0.3, 0.4) is 0 Å². The average molecular weight is 570 g/mol. The summed E-state index contributed by atoms with van der Waals surface area (Å²) < 4.78 is 1.09. The fraction of sp³-hybridized carbons (Fsp3) is 0.226. The Balaban J connectivity index is 0.000000158. The van der Waals surface area contributed by atoms with Gasteiger partial charge in [-0.05, 0) is 64.8 Å². The van der Waals surface area contributed by atoms with E-state index in [2.05, 4.69) is 111 Å². The first-order chi connectivity index (χ1) is 18.3. The Kier molecular flexibility index (Phi) is 7.65. The Labute approximate surface area is 231 Å². The number of nitrogens with two attached hydrogens (primary N) is 2. The number of hydrogen-bond acceptors (Lipinski definition) is 4. The molecule has 0 radical (unpaired) electrons. The molecule has 2 aromatic carbocycles. The largest absolute Gasteiger partial charge is 0.387 e. The van der Waals surface area contributed by atoms with Crippen LogP contribution in [0.4, 0.5) is 0 Å². The highest BCUT2D eigenvalue weighted by Gasteiger charge is 2.12. The molecule has 2 aliphatic heterocycles. The SMILES string of the molecule is CC(C)/C=C/c1ccc2c(CC3=CN=C(N)C3)c[nH]c2c1.NC1=NC=C(Cc2c[nH]c3cc(Br)ccc23)C1. The number of rotatable bonds is 6. The number of benzene rings is 2. The molecule has 7 heteroatoms. The zero-order chi connectivity index (χ0) is 26.6. The van der Waals surface area contributed by atoms with Gasteiger partial charge < -0.3 is 21.4 Å². The van der Waals surface area contributed by atoms with Crippen molar-refractivity contribution >= 4 is 55.5 Å². The molecule has 2 aromatic heterocycles. The highest BCUT2D eigenvalue weighted by Crippen LogP contribution is 2.26. The molecule has 0 saturated carbocycles. The Hall–Kier alpha value is -3.84. The first kappa shape index (κ1) is 25.8. The predicted molar refractivity (Wildman–Crippen MR) is 164 cm³/mol. The molecule has 38 heavy (non-hydrogen) atoms. The second-order valence-electron chi connectivity index (χ2n) is 10.2. The van der Waals surface area contributed by atoms with Crippen molar-refractivity contribution < 1.29 is 0 Å². The van der Waals surface area contributed by atoms with Crippen molar-refractivity contribution in [3.05, 3.63) is 99.6 Å². The van der Waals surface area contributed by atoms with E-state index in [4.69, 9.17) is 11.5 Å². The van der Waals surface area contributed by atoms with Crippen LogP contribution in [0, 0.1) is 5.92 Å². The number of nitrogens with one attached hydrogen (secondary N) is 2. The van der Waals surface area contributed by atoms with Crippen LogP contribution in [-0.4, -0.2) is 21.6 Å². The summed E-state index contributed by atoms with van der Waals surface area (Å²) in [5.74, 6) is 1.99. The fourth-order valence-corrected chi connectivity index (χ4v) is 5.13. The summed E-state index contributed by atoms with van der Waals surface area (Å²) in [6.45, 7) is 4.37. The third-order valence-corrected chi connectivity index (χ3v) is 7.17. The molecule has 0 bridgehead atoms. The number of fused-ring (bicyclic) bond motifs is 2. The van der Waals surface area contributed by atoms with E-state index in [-0.39, 0.29) is 0 Å². The molecular weight excluding hydrogens is 536 g/mol. The lowest BCUT2D eigenvalue weighted by Gasteiger charge is -2.01. The number of allylic oxidation sites excluding steroid dienone is 1. The maximum absolute atomic E-state index is 5.73. The minimum Gasteiger partial charge on any atom is -0.387 e. The van der Waals surface area contributed by atoms with Crippen molar-refractivity contribution in [2.24, 2.45) is 27.4 Å². The minimum absolute atomic E-state index is 0.569. The number of aliphatic imine (C=N–C) groups is 2. The zero-order valence-corrected chi connectivity index (χ0v) is 23.3. The maximum Gasteiger partial charge on any atom is 0.103 e. The van der Waals surface area contributed by atoms with Gasteiger partial charge in [-0.15, -0.1) is 0 Å². The Morgan fingerprint density at radius 3 is 1.92 bits per heavy atom. The van der Waals surface area contributed by atoms with Gasteiger partial charge in [0.1, 0.15) is 11.7 Å². The summed E-state index contributed by atoms with van der Waals surface area (Å²) in [6, 6.07) is 12.9. The molecule has 0 unspecified atom stereocenters. The summed E-state index contributed by atoms with van der Waals surface area (Å²) in [5.41, 5.74) is 20.1. The van der Waals surface area contributed by atoms with E-state index in [9.17, 15) is 0 Å². The first-order valence-electron chi connectivity index (χ1n) is 12.9. The minimum atomic E-state index is 0.569. The van der Waals surface area contributed by atoms with Gasteiger partial charge in [0.25, 0.3) is 0 Å². The second-order valence-corrected chi connectivity index (χ2v) is 11.2. The normalized spacial score (nSPS) is 15.2. The van der Waals surface area contributed by atoms with Crippen molar-refractivity contribution in [1.29, 1.82) is 0 Å². The van der Waals surface area contributed by atoms with Crippen LogP contribution in [0.2, 0.25) is 0 Å². The molecule has 6 rings (SSSR count). The van der Waals surface area contributed by atoms with Gasteiger partial charge in [0.2, 0.25) is 0 Å². The van der Waals surface area contributed by atoms with Gasteiger partial charge in [0.05, 0.1) is 0 Å². The molecule has 0 amide bonds. The smallest absolute Gasteiger partial charge is 0.103 e. The molecular formula is C31H33BrN6. The zero-order valence-electron chi connectivity index (χ0n) is 21.8. The topological polar surface area (TPSA) is 108 Å². The molecule has 4 heterocycles.